The maximum absolute atomic E-state index is 5.86. The van der Waals surface area contributed by atoms with Crippen molar-refractivity contribution in [1.82, 2.24) is 14.7 Å². The first-order chi connectivity index (χ1) is 12.2. The Morgan fingerprint density at radius 2 is 2.00 bits per heavy atom. The number of rotatable bonds is 4. The van der Waals surface area contributed by atoms with Crippen LogP contribution in [-0.4, -0.2) is 41.0 Å². The Morgan fingerprint density at radius 1 is 1.20 bits per heavy atom. The van der Waals surface area contributed by atoms with E-state index in [0.29, 0.717) is 11.5 Å². The number of hydrogen-bond donors (Lipinski definition) is 0. The summed E-state index contributed by atoms with van der Waals surface area (Å²) in [5.74, 6) is 0. The molecule has 2 aliphatic rings. The average molecular weight is 339 g/mol. The van der Waals surface area contributed by atoms with Gasteiger partial charge < -0.3 is 4.74 Å². The van der Waals surface area contributed by atoms with Crippen molar-refractivity contribution in [3.63, 3.8) is 0 Å². The molecule has 0 bridgehead atoms. The molecule has 1 aliphatic carbocycles. The topological polar surface area (TPSA) is 30.3 Å². The summed E-state index contributed by atoms with van der Waals surface area (Å²) in [4.78, 5) is 2.63. The molecule has 2 atom stereocenters. The quantitative estimate of drug-likeness (QED) is 0.847. The molecule has 134 valence electrons. The zero-order valence-electron chi connectivity index (χ0n) is 15.4. The summed E-state index contributed by atoms with van der Waals surface area (Å²) in [6, 6.07) is 10.5. The minimum atomic E-state index is 0.377. The van der Waals surface area contributed by atoms with Crippen molar-refractivity contribution in [2.24, 2.45) is 12.5 Å². The lowest BCUT2D eigenvalue weighted by Gasteiger charge is -2.43. The number of piperidine rings is 1. The van der Waals surface area contributed by atoms with Crippen molar-refractivity contribution >= 4 is 0 Å². The highest BCUT2D eigenvalue weighted by Gasteiger charge is 2.45. The van der Waals surface area contributed by atoms with Gasteiger partial charge in [-0.05, 0) is 32.2 Å². The summed E-state index contributed by atoms with van der Waals surface area (Å²) in [6.45, 7) is 3.33. The van der Waals surface area contributed by atoms with Crippen LogP contribution in [0.15, 0.2) is 36.5 Å². The molecule has 0 amide bonds. The summed E-state index contributed by atoms with van der Waals surface area (Å²) in [6.07, 6.45) is 9.09. The molecular formula is C21H29N3O. The molecule has 25 heavy (non-hydrogen) atoms. The average Bonchev–Trinajstić information content (AvgIpc) is 3.19. The van der Waals surface area contributed by atoms with Crippen molar-refractivity contribution in [2.75, 3.05) is 20.2 Å². The molecule has 2 aromatic rings. The number of benzene rings is 1. The lowest BCUT2D eigenvalue weighted by Crippen LogP contribution is -2.47. The molecule has 4 nitrogen and oxygen atoms in total. The predicted octanol–water partition coefficient (Wildman–Crippen LogP) is 3.87. The third kappa shape index (κ3) is 3.25. The second-order valence-electron chi connectivity index (χ2n) is 7.84. The van der Waals surface area contributed by atoms with Crippen molar-refractivity contribution in [2.45, 2.75) is 44.8 Å². The van der Waals surface area contributed by atoms with E-state index >= 15 is 0 Å². The predicted molar refractivity (Wildman–Crippen MR) is 100 cm³/mol. The van der Waals surface area contributed by atoms with Gasteiger partial charge in [0.1, 0.15) is 0 Å². The fraction of sp³-hybridized carbons (Fsp3) is 0.571. The van der Waals surface area contributed by atoms with Crippen LogP contribution in [0.2, 0.25) is 0 Å². The smallest absolute Gasteiger partial charge is 0.0968 e. The number of aromatic nitrogens is 2. The lowest BCUT2D eigenvalue weighted by atomic mass is 9.76. The summed E-state index contributed by atoms with van der Waals surface area (Å²) in [5.41, 5.74) is 4.04. The Labute approximate surface area is 150 Å². The van der Waals surface area contributed by atoms with Gasteiger partial charge in [0.15, 0.2) is 0 Å². The van der Waals surface area contributed by atoms with E-state index in [1.807, 2.05) is 18.8 Å². The van der Waals surface area contributed by atoms with Gasteiger partial charge in [-0.1, -0.05) is 36.8 Å². The minimum absolute atomic E-state index is 0.377. The fourth-order valence-electron chi connectivity index (χ4n) is 5.07. The summed E-state index contributed by atoms with van der Waals surface area (Å²) in [5, 5.41) is 4.73. The first kappa shape index (κ1) is 16.8. The Balaban J connectivity index is 1.55. The molecule has 0 radical (unpaired) electrons. The van der Waals surface area contributed by atoms with E-state index in [-0.39, 0.29) is 0 Å². The van der Waals surface area contributed by atoms with Gasteiger partial charge in [-0.2, -0.15) is 5.10 Å². The third-order valence-corrected chi connectivity index (χ3v) is 6.14. The Bertz CT molecular complexity index is 711. The molecule has 1 aromatic heterocycles. The van der Waals surface area contributed by atoms with E-state index in [0.717, 1.165) is 18.8 Å². The highest BCUT2D eigenvalue weighted by Crippen LogP contribution is 2.46. The second kappa shape index (κ2) is 6.93. The van der Waals surface area contributed by atoms with Crippen molar-refractivity contribution < 1.29 is 4.74 Å². The highest BCUT2D eigenvalue weighted by molar-refractivity contribution is 5.62. The lowest BCUT2D eigenvalue weighted by molar-refractivity contribution is -0.0366. The van der Waals surface area contributed by atoms with Crippen LogP contribution in [0.25, 0.3) is 11.3 Å². The van der Waals surface area contributed by atoms with Gasteiger partial charge in [0, 0.05) is 50.0 Å². The van der Waals surface area contributed by atoms with E-state index in [9.17, 15) is 0 Å². The van der Waals surface area contributed by atoms with E-state index in [1.54, 1.807) is 0 Å². The number of aryl methyl sites for hydroxylation is 1. The van der Waals surface area contributed by atoms with Crippen LogP contribution in [0, 0.1) is 5.41 Å². The molecule has 4 heteroatoms. The van der Waals surface area contributed by atoms with Crippen molar-refractivity contribution in [3.8, 4) is 11.3 Å². The van der Waals surface area contributed by atoms with Gasteiger partial charge in [-0.3, -0.25) is 9.58 Å². The SMILES string of the molecule is CO[C@@H]1CCC[C@]12CCCN(Cc1cn(C)nc1-c1ccccc1)C2. The summed E-state index contributed by atoms with van der Waals surface area (Å²) >= 11 is 0. The maximum Gasteiger partial charge on any atom is 0.0968 e. The number of ether oxygens (including phenoxy) is 1. The van der Waals surface area contributed by atoms with Crippen LogP contribution in [0.3, 0.4) is 0 Å². The molecule has 1 saturated carbocycles. The highest BCUT2D eigenvalue weighted by atomic mass is 16.5. The van der Waals surface area contributed by atoms with E-state index in [2.05, 4.69) is 41.4 Å². The molecular weight excluding hydrogens is 310 g/mol. The zero-order chi connectivity index (χ0) is 17.3. The fourth-order valence-corrected chi connectivity index (χ4v) is 5.07. The van der Waals surface area contributed by atoms with Crippen molar-refractivity contribution in [1.29, 1.82) is 0 Å². The van der Waals surface area contributed by atoms with E-state index in [1.165, 1.54) is 49.8 Å². The molecule has 0 N–H and O–H groups in total. The van der Waals surface area contributed by atoms with Gasteiger partial charge in [0.05, 0.1) is 11.8 Å². The van der Waals surface area contributed by atoms with E-state index in [4.69, 9.17) is 9.84 Å². The first-order valence-electron chi connectivity index (χ1n) is 9.53. The third-order valence-electron chi connectivity index (χ3n) is 6.14. The molecule has 4 rings (SSSR count). The Hall–Kier alpha value is -1.65. The Morgan fingerprint density at radius 3 is 2.80 bits per heavy atom. The van der Waals surface area contributed by atoms with Gasteiger partial charge in [0.2, 0.25) is 0 Å². The van der Waals surface area contributed by atoms with Crippen LogP contribution in [0.5, 0.6) is 0 Å². The first-order valence-corrected chi connectivity index (χ1v) is 9.53. The maximum atomic E-state index is 5.86. The number of likely N-dealkylation sites (tertiary alicyclic amines) is 1. The van der Waals surface area contributed by atoms with Gasteiger partial charge in [0.25, 0.3) is 0 Å². The molecule has 2 fully saturated rings. The van der Waals surface area contributed by atoms with Gasteiger partial charge >= 0.3 is 0 Å². The van der Waals surface area contributed by atoms with Crippen LogP contribution < -0.4 is 0 Å². The molecule has 1 aliphatic heterocycles. The molecule has 2 heterocycles. The normalized spacial score (nSPS) is 27.2. The zero-order valence-corrected chi connectivity index (χ0v) is 15.4. The van der Waals surface area contributed by atoms with Crippen LogP contribution in [0.4, 0.5) is 0 Å². The number of hydrogen-bond acceptors (Lipinski definition) is 3. The van der Waals surface area contributed by atoms with Gasteiger partial charge in [-0.25, -0.2) is 0 Å². The largest absolute Gasteiger partial charge is 0.381 e. The van der Waals surface area contributed by atoms with E-state index < -0.39 is 0 Å². The Kier molecular flexibility index (Phi) is 4.65. The molecule has 1 saturated heterocycles. The van der Waals surface area contributed by atoms with Crippen LogP contribution in [0.1, 0.15) is 37.7 Å². The van der Waals surface area contributed by atoms with Crippen molar-refractivity contribution in [3.05, 3.63) is 42.1 Å². The number of methoxy groups -OCH3 is 1. The molecule has 0 unspecified atom stereocenters. The second-order valence-corrected chi connectivity index (χ2v) is 7.84. The summed E-state index contributed by atoms with van der Waals surface area (Å²) in [7, 11) is 3.91. The van der Waals surface area contributed by atoms with Crippen LogP contribution in [-0.2, 0) is 18.3 Å². The molecule has 1 spiro atoms. The monoisotopic (exact) mass is 339 g/mol. The summed E-state index contributed by atoms with van der Waals surface area (Å²) < 4.78 is 7.81. The number of nitrogens with zero attached hydrogens (tertiary/aromatic N) is 3. The standard InChI is InChI=1S/C21H29N3O/c1-23-14-18(20(22-23)17-8-4-3-5-9-17)15-24-13-7-12-21(16-24)11-6-10-19(21)25-2/h3-5,8-9,14,19H,6-7,10-13,15-16H2,1-2H3/t19-,21-/m1/s1. The molecule has 1 aromatic carbocycles. The van der Waals surface area contributed by atoms with Crippen LogP contribution >= 0.6 is 0 Å². The minimum Gasteiger partial charge on any atom is -0.381 e. The van der Waals surface area contributed by atoms with Gasteiger partial charge in [-0.15, -0.1) is 0 Å².